The van der Waals surface area contributed by atoms with Crippen LogP contribution in [-0.2, 0) is 4.57 Å². The van der Waals surface area contributed by atoms with Crippen molar-refractivity contribution in [2.24, 2.45) is 0 Å². The summed E-state index contributed by atoms with van der Waals surface area (Å²) in [5.74, 6) is 0. The van der Waals surface area contributed by atoms with E-state index in [2.05, 4.69) is 31.0 Å². The van der Waals surface area contributed by atoms with Crippen LogP contribution in [0.25, 0.3) is 0 Å². The quantitative estimate of drug-likeness (QED) is 0.771. The maximum atomic E-state index is 12.4. The lowest BCUT2D eigenvalue weighted by molar-refractivity contribution is 0.242. The summed E-state index contributed by atoms with van der Waals surface area (Å²) in [5, 5.41) is 3.32. The highest BCUT2D eigenvalue weighted by Crippen LogP contribution is 2.54. The van der Waals surface area contributed by atoms with Gasteiger partial charge in [-0.15, -0.1) is 0 Å². The van der Waals surface area contributed by atoms with Gasteiger partial charge in [0.1, 0.15) is 0 Å². The van der Waals surface area contributed by atoms with E-state index in [0.717, 1.165) is 45.3 Å². The Morgan fingerprint density at radius 2 is 1.81 bits per heavy atom. The standard InChI is InChI=1S/C12H27N2OP/c1-12(2,3)16(4,15)11-5-8-14-9-6-13-7-10-14/h13H,5-11H2,1-4H3. The fraction of sp³-hybridized carbons (Fsp3) is 1.00. The molecule has 1 N–H and O–H groups in total. The van der Waals surface area contributed by atoms with E-state index in [1.807, 2.05) is 6.66 Å². The Kier molecular flexibility index (Phi) is 5.03. The first-order chi connectivity index (χ1) is 7.33. The molecule has 0 aromatic heterocycles. The van der Waals surface area contributed by atoms with Crippen LogP contribution in [0.4, 0.5) is 0 Å². The summed E-state index contributed by atoms with van der Waals surface area (Å²) in [6.45, 7) is 13.8. The molecule has 1 fully saturated rings. The predicted octanol–water partition coefficient (Wildman–Crippen LogP) is 2.07. The topological polar surface area (TPSA) is 32.3 Å². The Bertz CT molecular complexity index is 254. The van der Waals surface area contributed by atoms with E-state index >= 15 is 0 Å². The molecule has 0 spiro atoms. The van der Waals surface area contributed by atoms with Crippen LogP contribution in [0.2, 0.25) is 0 Å². The molecule has 0 aromatic rings. The van der Waals surface area contributed by atoms with Crippen molar-refractivity contribution in [2.45, 2.75) is 32.3 Å². The largest absolute Gasteiger partial charge is 0.323 e. The van der Waals surface area contributed by atoms with Gasteiger partial charge >= 0.3 is 0 Å². The third-order valence-corrected chi connectivity index (χ3v) is 7.70. The smallest absolute Gasteiger partial charge is 0.0899 e. The molecule has 96 valence electrons. The van der Waals surface area contributed by atoms with Gasteiger partial charge in [0.2, 0.25) is 0 Å². The second kappa shape index (κ2) is 5.66. The van der Waals surface area contributed by atoms with E-state index in [-0.39, 0.29) is 5.16 Å². The molecule has 0 amide bonds. The van der Waals surface area contributed by atoms with E-state index in [0.29, 0.717) is 0 Å². The molecule has 1 atom stereocenters. The molecule has 1 heterocycles. The number of nitrogens with zero attached hydrogens (tertiary/aromatic N) is 1. The minimum Gasteiger partial charge on any atom is -0.323 e. The summed E-state index contributed by atoms with van der Waals surface area (Å²) in [7, 11) is -1.99. The van der Waals surface area contributed by atoms with Gasteiger partial charge < -0.3 is 14.8 Å². The average Bonchev–Trinajstić information content (AvgIpc) is 2.17. The zero-order valence-electron chi connectivity index (χ0n) is 11.3. The first kappa shape index (κ1) is 14.2. The molecule has 1 aliphatic heterocycles. The summed E-state index contributed by atoms with van der Waals surface area (Å²) in [6.07, 6.45) is 1.96. The highest BCUT2D eigenvalue weighted by molar-refractivity contribution is 7.64. The zero-order chi connectivity index (χ0) is 12.2. The van der Waals surface area contributed by atoms with Gasteiger partial charge in [-0.25, -0.2) is 0 Å². The van der Waals surface area contributed by atoms with Gasteiger partial charge in [0.25, 0.3) is 0 Å². The molecule has 4 heteroatoms. The lowest BCUT2D eigenvalue weighted by atomic mass is 10.3. The highest BCUT2D eigenvalue weighted by Gasteiger charge is 2.30. The maximum Gasteiger partial charge on any atom is 0.0899 e. The fourth-order valence-corrected chi connectivity index (χ4v) is 3.28. The number of rotatable bonds is 4. The minimum absolute atomic E-state index is 0.0313. The summed E-state index contributed by atoms with van der Waals surface area (Å²) in [5.41, 5.74) is 0. The maximum absolute atomic E-state index is 12.4. The van der Waals surface area contributed by atoms with E-state index in [1.165, 1.54) is 0 Å². The molecule has 1 rings (SSSR count). The van der Waals surface area contributed by atoms with Crippen molar-refractivity contribution in [3.05, 3.63) is 0 Å². The monoisotopic (exact) mass is 246 g/mol. The van der Waals surface area contributed by atoms with Gasteiger partial charge in [-0.3, -0.25) is 0 Å². The summed E-state index contributed by atoms with van der Waals surface area (Å²) < 4.78 is 12.4. The molecular weight excluding hydrogens is 219 g/mol. The van der Waals surface area contributed by atoms with Crippen molar-refractivity contribution in [1.29, 1.82) is 0 Å². The molecule has 0 saturated carbocycles. The second-order valence-corrected chi connectivity index (χ2v) is 9.93. The van der Waals surface area contributed by atoms with Crippen molar-refractivity contribution in [3.63, 3.8) is 0 Å². The third kappa shape index (κ3) is 4.20. The Labute approximate surface area is 100 Å². The van der Waals surface area contributed by atoms with Gasteiger partial charge in [-0.2, -0.15) is 0 Å². The molecule has 1 unspecified atom stereocenters. The highest BCUT2D eigenvalue weighted by atomic mass is 31.2. The van der Waals surface area contributed by atoms with Gasteiger partial charge in [-0.05, 0) is 19.6 Å². The van der Waals surface area contributed by atoms with Crippen LogP contribution in [0.1, 0.15) is 27.2 Å². The molecule has 1 aliphatic rings. The molecule has 0 bridgehead atoms. The minimum atomic E-state index is -1.99. The van der Waals surface area contributed by atoms with Crippen LogP contribution in [-0.4, -0.2) is 55.6 Å². The van der Waals surface area contributed by atoms with Crippen LogP contribution in [0.5, 0.6) is 0 Å². The van der Waals surface area contributed by atoms with E-state index in [1.54, 1.807) is 0 Å². The van der Waals surface area contributed by atoms with Crippen molar-refractivity contribution in [3.8, 4) is 0 Å². The van der Waals surface area contributed by atoms with Crippen molar-refractivity contribution in [1.82, 2.24) is 10.2 Å². The van der Waals surface area contributed by atoms with Crippen LogP contribution < -0.4 is 5.32 Å². The van der Waals surface area contributed by atoms with Crippen LogP contribution in [0.15, 0.2) is 0 Å². The average molecular weight is 246 g/mol. The predicted molar refractivity (Wildman–Crippen MR) is 72.1 cm³/mol. The number of nitrogens with one attached hydrogen (secondary N) is 1. The van der Waals surface area contributed by atoms with Gasteiger partial charge in [0.05, 0.1) is 7.14 Å². The van der Waals surface area contributed by atoms with Crippen molar-refractivity contribution in [2.75, 3.05) is 45.6 Å². The van der Waals surface area contributed by atoms with E-state index in [9.17, 15) is 4.57 Å². The fourth-order valence-electron chi connectivity index (χ4n) is 1.87. The number of piperazine rings is 1. The van der Waals surface area contributed by atoms with Gasteiger partial charge in [0.15, 0.2) is 0 Å². The first-order valence-electron chi connectivity index (χ1n) is 6.33. The number of hydrogen-bond acceptors (Lipinski definition) is 3. The lowest BCUT2D eigenvalue weighted by Crippen LogP contribution is -2.43. The van der Waals surface area contributed by atoms with Crippen molar-refractivity contribution < 1.29 is 4.57 Å². The van der Waals surface area contributed by atoms with E-state index in [4.69, 9.17) is 0 Å². The molecular formula is C12H27N2OP. The molecule has 3 nitrogen and oxygen atoms in total. The van der Waals surface area contributed by atoms with Crippen LogP contribution in [0, 0.1) is 0 Å². The molecule has 0 aliphatic carbocycles. The Hall–Kier alpha value is 0.150. The summed E-state index contributed by atoms with van der Waals surface area (Å²) >= 11 is 0. The first-order valence-corrected chi connectivity index (χ1v) is 8.66. The normalized spacial score (nSPS) is 23.0. The summed E-state index contributed by atoms with van der Waals surface area (Å²) in [6, 6.07) is 0. The lowest BCUT2D eigenvalue weighted by Gasteiger charge is -2.30. The third-order valence-electron chi connectivity index (χ3n) is 3.69. The Morgan fingerprint density at radius 3 is 2.31 bits per heavy atom. The molecule has 16 heavy (non-hydrogen) atoms. The van der Waals surface area contributed by atoms with Gasteiger partial charge in [-0.1, -0.05) is 20.8 Å². The zero-order valence-corrected chi connectivity index (χ0v) is 12.1. The SMILES string of the molecule is CC(C)(C)P(C)(=O)CCCN1CCNCC1. The van der Waals surface area contributed by atoms with E-state index < -0.39 is 7.14 Å². The van der Waals surface area contributed by atoms with Crippen LogP contribution in [0.3, 0.4) is 0 Å². The molecule has 1 saturated heterocycles. The Balaban J connectivity index is 2.26. The summed E-state index contributed by atoms with van der Waals surface area (Å²) in [4.78, 5) is 2.47. The number of hydrogen-bond donors (Lipinski definition) is 1. The van der Waals surface area contributed by atoms with Crippen LogP contribution >= 0.6 is 7.14 Å². The van der Waals surface area contributed by atoms with Crippen molar-refractivity contribution >= 4 is 7.14 Å². The second-order valence-electron chi connectivity index (χ2n) is 5.94. The molecule has 0 aromatic carbocycles. The Morgan fingerprint density at radius 1 is 1.25 bits per heavy atom. The van der Waals surface area contributed by atoms with Gasteiger partial charge in [0, 0.05) is 37.5 Å². The molecule has 0 radical (unpaired) electrons.